The summed E-state index contributed by atoms with van der Waals surface area (Å²) in [5, 5.41) is 5.54. The predicted molar refractivity (Wildman–Crippen MR) is 82.4 cm³/mol. The van der Waals surface area contributed by atoms with Crippen LogP contribution in [0.25, 0.3) is 10.8 Å². The summed E-state index contributed by atoms with van der Waals surface area (Å²) in [6, 6.07) is 13.6. The van der Waals surface area contributed by atoms with Gasteiger partial charge in [0.25, 0.3) is 0 Å². The number of nitrogens with zero attached hydrogens (tertiary/aromatic N) is 1. The molecule has 2 aromatic carbocycles. The van der Waals surface area contributed by atoms with Crippen LogP contribution in [-0.4, -0.2) is 12.1 Å². The maximum Gasteiger partial charge on any atom is 0.121 e. The Bertz CT molecular complexity index is 750. The van der Waals surface area contributed by atoms with Crippen molar-refractivity contribution in [2.45, 2.75) is 0 Å². The molecule has 0 fully saturated rings. The van der Waals surface area contributed by atoms with Crippen LogP contribution in [-0.2, 0) is 0 Å². The molecule has 4 nitrogen and oxygen atoms in total. The summed E-state index contributed by atoms with van der Waals surface area (Å²) in [6.45, 7) is 0. The molecule has 0 aliphatic rings. The number of anilines is 3. The van der Waals surface area contributed by atoms with Gasteiger partial charge in [-0.3, -0.25) is 4.98 Å². The van der Waals surface area contributed by atoms with E-state index in [-0.39, 0.29) is 0 Å². The maximum absolute atomic E-state index is 6.03. The Morgan fingerprint density at radius 2 is 2.00 bits per heavy atom. The Morgan fingerprint density at radius 1 is 1.10 bits per heavy atom. The first kappa shape index (κ1) is 12.3. The molecule has 0 aliphatic heterocycles. The van der Waals surface area contributed by atoms with E-state index >= 15 is 0 Å². The minimum Gasteiger partial charge on any atom is -0.497 e. The number of hydrogen-bond donors (Lipinski definition) is 2. The molecule has 0 saturated carbocycles. The van der Waals surface area contributed by atoms with Gasteiger partial charge in [0.1, 0.15) is 5.75 Å². The van der Waals surface area contributed by atoms with Crippen molar-refractivity contribution in [2.75, 3.05) is 18.2 Å². The Labute approximate surface area is 117 Å². The number of nitrogen functional groups attached to an aromatic ring is 1. The predicted octanol–water partition coefficient (Wildman–Crippen LogP) is 3.57. The molecule has 0 bridgehead atoms. The van der Waals surface area contributed by atoms with E-state index in [0.29, 0.717) is 5.69 Å². The van der Waals surface area contributed by atoms with E-state index in [1.165, 1.54) is 0 Å². The third-order valence-corrected chi connectivity index (χ3v) is 3.21. The first-order valence-electron chi connectivity index (χ1n) is 6.31. The molecule has 3 N–H and O–H groups in total. The number of hydrogen-bond acceptors (Lipinski definition) is 4. The molecule has 0 saturated heterocycles. The molecular weight excluding hydrogens is 250 g/mol. The lowest BCUT2D eigenvalue weighted by molar-refractivity contribution is 0.415. The van der Waals surface area contributed by atoms with Gasteiger partial charge >= 0.3 is 0 Å². The number of ether oxygens (including phenoxy) is 1. The average molecular weight is 265 g/mol. The Balaban J connectivity index is 2.01. The van der Waals surface area contributed by atoms with Gasteiger partial charge in [0.2, 0.25) is 0 Å². The van der Waals surface area contributed by atoms with Crippen molar-refractivity contribution in [2.24, 2.45) is 0 Å². The lowest BCUT2D eigenvalue weighted by Crippen LogP contribution is -1.97. The third kappa shape index (κ3) is 2.23. The standard InChI is InChI=1S/C16H15N3O/c1-20-12-5-6-16(14(17)9-12)19-15-4-2-3-11-7-8-18-10-13(11)15/h2-10,19H,17H2,1H3. The monoisotopic (exact) mass is 265 g/mol. The summed E-state index contributed by atoms with van der Waals surface area (Å²) in [6.07, 6.45) is 3.63. The number of pyridine rings is 1. The van der Waals surface area contributed by atoms with Gasteiger partial charge < -0.3 is 15.8 Å². The van der Waals surface area contributed by atoms with Gasteiger partial charge in [-0.2, -0.15) is 0 Å². The normalized spacial score (nSPS) is 10.4. The van der Waals surface area contributed by atoms with Crippen LogP contribution in [0.2, 0.25) is 0 Å². The van der Waals surface area contributed by atoms with E-state index in [1.807, 2.05) is 36.5 Å². The van der Waals surface area contributed by atoms with Gasteiger partial charge in [-0.05, 0) is 29.7 Å². The zero-order chi connectivity index (χ0) is 13.9. The lowest BCUT2D eigenvalue weighted by Gasteiger charge is -2.12. The SMILES string of the molecule is COc1ccc(Nc2cccc3ccncc23)c(N)c1. The van der Waals surface area contributed by atoms with Crippen LogP contribution in [0.15, 0.2) is 54.9 Å². The van der Waals surface area contributed by atoms with Crippen LogP contribution in [0.3, 0.4) is 0 Å². The highest BCUT2D eigenvalue weighted by atomic mass is 16.5. The zero-order valence-electron chi connectivity index (χ0n) is 11.1. The van der Waals surface area contributed by atoms with Gasteiger partial charge in [0.15, 0.2) is 0 Å². The molecule has 0 aliphatic carbocycles. The van der Waals surface area contributed by atoms with Crippen LogP contribution >= 0.6 is 0 Å². The minimum absolute atomic E-state index is 0.644. The lowest BCUT2D eigenvalue weighted by atomic mass is 10.1. The molecule has 0 unspecified atom stereocenters. The highest BCUT2D eigenvalue weighted by molar-refractivity contribution is 5.95. The van der Waals surface area contributed by atoms with E-state index in [2.05, 4.69) is 16.4 Å². The summed E-state index contributed by atoms with van der Waals surface area (Å²) in [5.74, 6) is 0.743. The molecule has 100 valence electrons. The van der Waals surface area contributed by atoms with E-state index in [4.69, 9.17) is 10.5 Å². The van der Waals surface area contributed by atoms with Crippen molar-refractivity contribution in [1.29, 1.82) is 0 Å². The van der Waals surface area contributed by atoms with Crippen LogP contribution in [0.1, 0.15) is 0 Å². The van der Waals surface area contributed by atoms with Gasteiger partial charge in [-0.15, -0.1) is 0 Å². The fourth-order valence-corrected chi connectivity index (χ4v) is 2.15. The summed E-state index contributed by atoms with van der Waals surface area (Å²) in [7, 11) is 1.62. The Morgan fingerprint density at radius 3 is 2.80 bits per heavy atom. The number of fused-ring (bicyclic) bond motifs is 1. The summed E-state index contributed by atoms with van der Waals surface area (Å²) >= 11 is 0. The Kier molecular flexibility index (Phi) is 3.13. The van der Waals surface area contributed by atoms with Gasteiger partial charge in [0, 0.05) is 29.5 Å². The van der Waals surface area contributed by atoms with Gasteiger partial charge in [0.05, 0.1) is 18.5 Å². The number of nitrogens with two attached hydrogens (primary N) is 1. The highest BCUT2D eigenvalue weighted by Gasteiger charge is 2.04. The van der Waals surface area contributed by atoms with Crippen LogP contribution < -0.4 is 15.8 Å². The van der Waals surface area contributed by atoms with Crippen LogP contribution in [0, 0.1) is 0 Å². The minimum atomic E-state index is 0.644. The molecule has 4 heteroatoms. The number of aromatic nitrogens is 1. The maximum atomic E-state index is 6.03. The van der Waals surface area contributed by atoms with Crippen molar-refractivity contribution in [3.8, 4) is 5.75 Å². The smallest absolute Gasteiger partial charge is 0.121 e. The number of methoxy groups -OCH3 is 1. The molecule has 0 spiro atoms. The molecule has 3 rings (SSSR count). The van der Waals surface area contributed by atoms with E-state index < -0.39 is 0 Å². The molecule has 0 amide bonds. The second kappa shape index (κ2) is 5.09. The molecule has 20 heavy (non-hydrogen) atoms. The quantitative estimate of drug-likeness (QED) is 0.711. The third-order valence-electron chi connectivity index (χ3n) is 3.21. The molecule has 1 aromatic heterocycles. The average Bonchev–Trinajstić information content (AvgIpc) is 2.49. The van der Waals surface area contributed by atoms with E-state index in [9.17, 15) is 0 Å². The fourth-order valence-electron chi connectivity index (χ4n) is 2.15. The van der Waals surface area contributed by atoms with E-state index in [1.54, 1.807) is 19.4 Å². The van der Waals surface area contributed by atoms with Gasteiger partial charge in [-0.1, -0.05) is 12.1 Å². The summed E-state index contributed by atoms with van der Waals surface area (Å²) in [4.78, 5) is 4.17. The summed E-state index contributed by atoms with van der Waals surface area (Å²) in [5.41, 5.74) is 8.50. The zero-order valence-corrected chi connectivity index (χ0v) is 11.1. The van der Waals surface area contributed by atoms with Crippen molar-refractivity contribution in [3.05, 3.63) is 54.9 Å². The van der Waals surface area contributed by atoms with Gasteiger partial charge in [-0.25, -0.2) is 0 Å². The molecule has 0 atom stereocenters. The number of rotatable bonds is 3. The van der Waals surface area contributed by atoms with Crippen LogP contribution in [0.4, 0.5) is 17.1 Å². The second-order valence-corrected chi connectivity index (χ2v) is 4.48. The van der Waals surface area contributed by atoms with Crippen molar-refractivity contribution >= 4 is 27.8 Å². The number of nitrogens with one attached hydrogen (secondary N) is 1. The highest BCUT2D eigenvalue weighted by Crippen LogP contribution is 2.30. The molecule has 1 heterocycles. The molecule has 3 aromatic rings. The van der Waals surface area contributed by atoms with Crippen LogP contribution in [0.5, 0.6) is 5.75 Å². The Hall–Kier alpha value is -2.75. The second-order valence-electron chi connectivity index (χ2n) is 4.48. The topological polar surface area (TPSA) is 60.2 Å². The largest absolute Gasteiger partial charge is 0.497 e. The van der Waals surface area contributed by atoms with Crippen molar-refractivity contribution < 1.29 is 4.74 Å². The fraction of sp³-hybridized carbons (Fsp3) is 0.0625. The molecular formula is C16H15N3O. The van der Waals surface area contributed by atoms with E-state index in [0.717, 1.165) is 27.9 Å². The first-order valence-corrected chi connectivity index (χ1v) is 6.31. The van der Waals surface area contributed by atoms with Crippen molar-refractivity contribution in [1.82, 2.24) is 4.98 Å². The summed E-state index contributed by atoms with van der Waals surface area (Å²) < 4.78 is 5.15. The first-order chi connectivity index (χ1) is 9.78. The molecule has 0 radical (unpaired) electrons. The van der Waals surface area contributed by atoms with Crippen molar-refractivity contribution in [3.63, 3.8) is 0 Å². The number of benzene rings is 2.